The standard InChI is InChI=1S/C86H74N8O18/c1-45(2)75(81(99)91(25-29-105-83(101)47(5)6)26-30-106-84(102)48(7)8)93-77(95)59-37-63(109-55-21-13-17-51(33-55)41-87)69-71-65(111-57-23-15-19-53(35-57)43-89)39-61-68-62(80(98)94(79(61)97)76(46(3)4)82(100)92(27-31-107-85(103)49(9)10)28-32-108-86(104)50(11)12)40-66(112-58-24-16-20-54(36-58)44-90)72(74(68)71)70-64(38-60(78(93)96)67(59)73(69)70)110-56-22-14-18-52(34-56)42-88/h13-24,33-40,45-46,50,75-76H,5,7,9,25-32H2,1-4,6,8,10-12H3. The molecule has 112 heavy (non-hydrogen) atoms. The van der Waals surface area contributed by atoms with Crippen LogP contribution in [-0.2, 0) is 47.7 Å². The third-order valence-corrected chi connectivity index (χ3v) is 18.6. The molecular weight excluding hydrogens is 1430 g/mol. The van der Waals surface area contributed by atoms with Crippen molar-refractivity contribution in [2.45, 2.75) is 74.4 Å². The molecule has 566 valence electrons. The zero-order valence-corrected chi connectivity index (χ0v) is 62.6. The number of nitriles is 4. The molecule has 2 heterocycles. The zero-order chi connectivity index (χ0) is 80.8. The summed E-state index contributed by atoms with van der Waals surface area (Å²) in [5.41, 5.74) is -0.465. The van der Waals surface area contributed by atoms with Gasteiger partial charge in [-0.15, -0.1) is 0 Å². The van der Waals surface area contributed by atoms with E-state index in [1.807, 2.05) is 0 Å². The summed E-state index contributed by atoms with van der Waals surface area (Å²) in [5.74, 6) is -12.2. The Bertz CT molecular complexity index is 5410. The Hall–Kier alpha value is -14.2. The maximum absolute atomic E-state index is 16.5. The lowest BCUT2D eigenvalue weighted by atomic mass is 9.80. The molecular formula is C86H74N8O18. The van der Waals surface area contributed by atoms with E-state index in [9.17, 15) is 40.2 Å². The third kappa shape index (κ3) is 15.7. The largest absolute Gasteiger partial charge is 0.464 e. The average molecular weight is 1510 g/mol. The molecule has 0 bridgehead atoms. The van der Waals surface area contributed by atoms with Crippen molar-refractivity contribution in [3.8, 4) is 70.3 Å². The summed E-state index contributed by atoms with van der Waals surface area (Å²) in [4.78, 5) is 153. The van der Waals surface area contributed by atoms with Crippen LogP contribution in [0.15, 0.2) is 158 Å². The number of rotatable bonds is 30. The molecule has 9 aromatic carbocycles. The van der Waals surface area contributed by atoms with Crippen molar-refractivity contribution in [1.82, 2.24) is 19.6 Å². The highest BCUT2D eigenvalue weighted by atomic mass is 16.5. The van der Waals surface area contributed by atoms with Crippen LogP contribution in [0.5, 0.6) is 46.0 Å². The Labute approximate surface area is 643 Å². The second kappa shape index (κ2) is 33.1. The quantitative estimate of drug-likeness (QED) is 0.0101. The minimum Gasteiger partial charge on any atom is -0.464 e. The molecule has 0 saturated carbocycles. The van der Waals surface area contributed by atoms with Gasteiger partial charge in [0.15, 0.2) is 0 Å². The Morgan fingerprint density at radius 1 is 0.375 bits per heavy atom. The number of fused-ring (bicyclic) bond motifs is 2. The van der Waals surface area contributed by atoms with Gasteiger partial charge in [0, 0.05) is 59.8 Å². The van der Waals surface area contributed by atoms with Gasteiger partial charge in [-0.3, -0.25) is 43.4 Å². The highest BCUT2D eigenvalue weighted by Gasteiger charge is 2.49. The second-order valence-corrected chi connectivity index (χ2v) is 27.7. The van der Waals surface area contributed by atoms with E-state index in [2.05, 4.69) is 44.0 Å². The van der Waals surface area contributed by atoms with Gasteiger partial charge >= 0.3 is 23.9 Å². The van der Waals surface area contributed by atoms with E-state index in [1.165, 1.54) is 152 Å². The fourth-order valence-electron chi connectivity index (χ4n) is 13.4. The highest BCUT2D eigenvalue weighted by Crippen LogP contribution is 2.58. The first kappa shape index (κ1) is 78.8. The maximum Gasteiger partial charge on any atom is 0.333 e. The number of imide groups is 2. The van der Waals surface area contributed by atoms with Crippen LogP contribution in [0.3, 0.4) is 0 Å². The minimum absolute atomic E-state index is 0.00144. The first-order valence-corrected chi connectivity index (χ1v) is 35.6. The number of nitrogens with zero attached hydrogens (tertiary/aromatic N) is 8. The number of carbonyl (C=O) groups is 10. The molecule has 2 aliphatic rings. The van der Waals surface area contributed by atoms with Crippen LogP contribution in [0, 0.1) is 63.1 Å². The number of ether oxygens (including phenoxy) is 8. The molecule has 11 rings (SSSR count). The van der Waals surface area contributed by atoms with Crippen LogP contribution in [0.25, 0.3) is 43.1 Å². The Balaban J connectivity index is 1.28. The lowest BCUT2D eigenvalue weighted by molar-refractivity contribution is -0.150. The number of hydrogen-bond donors (Lipinski definition) is 0. The predicted octanol–water partition coefficient (Wildman–Crippen LogP) is 13.8. The second-order valence-electron chi connectivity index (χ2n) is 27.7. The van der Waals surface area contributed by atoms with E-state index < -0.39 is 109 Å². The molecule has 0 radical (unpaired) electrons. The van der Waals surface area contributed by atoms with E-state index in [0.29, 0.717) is 0 Å². The van der Waals surface area contributed by atoms with Gasteiger partial charge < -0.3 is 47.7 Å². The summed E-state index contributed by atoms with van der Waals surface area (Å²) < 4.78 is 50.1. The summed E-state index contributed by atoms with van der Waals surface area (Å²) in [7, 11) is 0. The lowest BCUT2D eigenvalue weighted by Crippen LogP contribution is -2.57. The molecule has 9 aromatic rings. The molecule has 0 N–H and O–H groups in total. The summed E-state index contributed by atoms with van der Waals surface area (Å²) in [5, 5.41) is 41.2. The molecule has 0 aromatic heterocycles. The van der Waals surface area contributed by atoms with Gasteiger partial charge in [0.25, 0.3) is 23.6 Å². The van der Waals surface area contributed by atoms with Crippen molar-refractivity contribution in [1.29, 1.82) is 21.0 Å². The SMILES string of the molecule is C=C(C)C(=O)OCCN(CCOC(=O)C(=C)C)C(=O)C(C(C)C)N1C(=O)c2cc(Oc3cccc(C#N)c3)c3c4c(Oc5cccc(C#N)c5)cc5c6c(cc(Oc7cccc(C#N)c7)c(c7c(Oc8cccc(C#N)c8)cc(c2c37)C1=O)c64)C(=O)N(C(C(=O)N(CCOC(=O)C(=C)C)CCOC(=O)C(C)C)C(C)C)C5=O. The maximum atomic E-state index is 16.5. The number of benzene rings is 9. The first-order valence-electron chi connectivity index (χ1n) is 35.6. The van der Waals surface area contributed by atoms with Gasteiger partial charge in [-0.25, -0.2) is 14.4 Å². The van der Waals surface area contributed by atoms with Crippen LogP contribution in [-0.4, -0.2) is 144 Å². The average Bonchev–Trinajstić information content (AvgIpc) is 0.670. The van der Waals surface area contributed by atoms with Crippen molar-refractivity contribution in [3.63, 3.8) is 0 Å². The predicted molar refractivity (Wildman–Crippen MR) is 407 cm³/mol. The van der Waals surface area contributed by atoms with Crippen LogP contribution in [0.2, 0.25) is 0 Å². The van der Waals surface area contributed by atoms with Crippen LogP contribution >= 0.6 is 0 Å². The minimum atomic E-state index is -1.70. The van der Waals surface area contributed by atoms with E-state index in [-0.39, 0.29) is 183 Å². The molecule has 0 spiro atoms. The van der Waals surface area contributed by atoms with Crippen LogP contribution < -0.4 is 18.9 Å². The lowest BCUT2D eigenvalue weighted by Gasteiger charge is -2.39. The van der Waals surface area contributed by atoms with Gasteiger partial charge in [0.05, 0.1) is 101 Å². The fraction of sp³-hybridized carbons (Fsp3) is 0.256. The summed E-state index contributed by atoms with van der Waals surface area (Å²) in [6.45, 7) is 21.9. The van der Waals surface area contributed by atoms with Gasteiger partial charge in [0.2, 0.25) is 11.8 Å². The molecule has 26 heteroatoms. The molecule has 6 amide bonds. The number of esters is 4. The van der Waals surface area contributed by atoms with Crippen LogP contribution in [0.4, 0.5) is 0 Å². The van der Waals surface area contributed by atoms with Crippen molar-refractivity contribution < 1.29 is 85.8 Å². The Morgan fingerprint density at radius 2 is 0.625 bits per heavy atom. The van der Waals surface area contributed by atoms with E-state index in [0.717, 1.165) is 9.80 Å². The molecule has 2 aliphatic heterocycles. The molecule has 0 aliphatic carbocycles. The highest BCUT2D eigenvalue weighted by molar-refractivity contribution is 6.45. The zero-order valence-electron chi connectivity index (χ0n) is 62.6. The summed E-state index contributed by atoms with van der Waals surface area (Å²) in [6.07, 6.45) is 0. The smallest absolute Gasteiger partial charge is 0.333 e. The molecule has 2 atom stereocenters. The summed E-state index contributed by atoms with van der Waals surface area (Å²) >= 11 is 0. The number of hydrogen-bond acceptors (Lipinski definition) is 22. The molecule has 0 saturated heterocycles. The van der Waals surface area contributed by atoms with Gasteiger partial charge in [0.1, 0.15) is 84.5 Å². The third-order valence-electron chi connectivity index (χ3n) is 18.6. The number of amides is 6. The Kier molecular flexibility index (Phi) is 23.3. The first-order chi connectivity index (χ1) is 53.5. The van der Waals surface area contributed by atoms with Crippen molar-refractivity contribution in [2.24, 2.45) is 17.8 Å². The number of carbonyl (C=O) groups excluding carboxylic acids is 10. The molecule has 2 unspecified atom stereocenters. The van der Waals surface area contributed by atoms with Crippen molar-refractivity contribution >= 4 is 102 Å². The molecule has 0 fully saturated rings. The van der Waals surface area contributed by atoms with E-state index in [4.69, 9.17) is 37.9 Å². The molecule has 26 nitrogen and oxygen atoms in total. The summed E-state index contributed by atoms with van der Waals surface area (Å²) in [6, 6.07) is 34.2. The van der Waals surface area contributed by atoms with E-state index >= 15 is 28.8 Å². The van der Waals surface area contributed by atoms with Crippen molar-refractivity contribution in [3.05, 3.63) is 202 Å². The van der Waals surface area contributed by atoms with Crippen LogP contribution in [0.1, 0.15) is 126 Å². The van der Waals surface area contributed by atoms with E-state index in [1.54, 1.807) is 41.5 Å². The van der Waals surface area contributed by atoms with Gasteiger partial charge in [-0.2, -0.15) is 21.0 Å². The topological polar surface area (TPSA) is 353 Å². The Morgan fingerprint density at radius 3 is 0.848 bits per heavy atom. The normalized spacial score (nSPS) is 12.8. The van der Waals surface area contributed by atoms with Gasteiger partial charge in [-0.1, -0.05) is 85.5 Å². The van der Waals surface area contributed by atoms with Crippen molar-refractivity contribution in [2.75, 3.05) is 52.6 Å². The van der Waals surface area contributed by atoms with Gasteiger partial charge in [-0.05, 0) is 130 Å². The monoisotopic (exact) mass is 1510 g/mol. The fourth-order valence-corrected chi connectivity index (χ4v) is 13.4.